The molecule has 5 nitrogen and oxygen atoms in total. The number of aromatic nitrogens is 4. The Balaban J connectivity index is 2.90. The third kappa shape index (κ3) is 1.31. The summed E-state index contributed by atoms with van der Waals surface area (Å²) in [5.74, 6) is 0.0445. The first-order valence-corrected chi connectivity index (χ1v) is 4.84. The molecule has 0 aliphatic carbocycles. The molecule has 0 aromatic carbocycles. The summed E-state index contributed by atoms with van der Waals surface area (Å²) in [5, 5.41) is 4.20. The summed E-state index contributed by atoms with van der Waals surface area (Å²) >= 11 is 9.10. The zero-order valence-electron chi connectivity index (χ0n) is 7.03. The third-order valence-corrected chi connectivity index (χ3v) is 2.85. The van der Waals surface area contributed by atoms with Crippen LogP contribution in [0.2, 0.25) is 5.28 Å². The number of halogens is 2. The van der Waals surface area contributed by atoms with Gasteiger partial charge < -0.3 is 0 Å². The summed E-state index contributed by atoms with van der Waals surface area (Å²) in [5.41, 5.74) is 1.23. The molecule has 7 heteroatoms. The SMILES string of the molecule is Cc1nn2c(Cl)nc(C=O)nc2c1Br. The summed E-state index contributed by atoms with van der Waals surface area (Å²) in [6.07, 6.45) is 0.542. The van der Waals surface area contributed by atoms with Crippen molar-refractivity contribution in [1.29, 1.82) is 0 Å². The van der Waals surface area contributed by atoms with Crippen molar-refractivity contribution in [1.82, 2.24) is 19.6 Å². The summed E-state index contributed by atoms with van der Waals surface area (Å²) in [7, 11) is 0. The quantitative estimate of drug-likeness (QED) is 0.743. The largest absolute Gasteiger partial charge is 0.294 e. The van der Waals surface area contributed by atoms with E-state index in [9.17, 15) is 4.79 Å². The lowest BCUT2D eigenvalue weighted by atomic mass is 10.5. The van der Waals surface area contributed by atoms with E-state index >= 15 is 0 Å². The molecule has 0 aliphatic rings. The molecule has 0 atom stereocenters. The van der Waals surface area contributed by atoms with Crippen LogP contribution >= 0.6 is 27.5 Å². The number of nitrogens with zero attached hydrogens (tertiary/aromatic N) is 4. The highest BCUT2D eigenvalue weighted by atomic mass is 79.9. The highest BCUT2D eigenvalue weighted by Crippen LogP contribution is 2.21. The van der Waals surface area contributed by atoms with E-state index in [1.807, 2.05) is 0 Å². The Morgan fingerprint density at radius 1 is 1.50 bits per heavy atom. The molecule has 0 fully saturated rings. The van der Waals surface area contributed by atoms with E-state index in [0.717, 1.165) is 5.69 Å². The summed E-state index contributed by atoms with van der Waals surface area (Å²) in [6, 6.07) is 0. The molecule has 2 heterocycles. The fourth-order valence-corrected chi connectivity index (χ4v) is 1.59. The first kappa shape index (κ1) is 9.54. The molecule has 0 bridgehead atoms. The molecule has 2 rings (SSSR count). The van der Waals surface area contributed by atoms with E-state index in [-0.39, 0.29) is 11.1 Å². The van der Waals surface area contributed by atoms with Crippen LogP contribution in [-0.4, -0.2) is 25.9 Å². The zero-order chi connectivity index (χ0) is 10.3. The average Bonchev–Trinajstić information content (AvgIpc) is 2.45. The predicted molar refractivity (Wildman–Crippen MR) is 53.6 cm³/mol. The van der Waals surface area contributed by atoms with Crippen LogP contribution < -0.4 is 0 Å². The van der Waals surface area contributed by atoms with E-state index in [4.69, 9.17) is 11.6 Å². The van der Waals surface area contributed by atoms with Crippen LogP contribution in [0.4, 0.5) is 0 Å². The number of aryl methyl sites for hydroxylation is 1. The van der Waals surface area contributed by atoms with Gasteiger partial charge in [-0.1, -0.05) is 0 Å². The molecule has 2 aromatic rings. The van der Waals surface area contributed by atoms with Crippen molar-refractivity contribution in [3.05, 3.63) is 21.3 Å². The molecule has 0 saturated carbocycles. The lowest BCUT2D eigenvalue weighted by Gasteiger charge is -1.95. The molecule has 0 saturated heterocycles. The van der Waals surface area contributed by atoms with Crippen LogP contribution in [-0.2, 0) is 0 Å². The van der Waals surface area contributed by atoms with Gasteiger partial charge >= 0.3 is 0 Å². The molecule has 72 valence electrons. The molecule has 0 N–H and O–H groups in total. The third-order valence-electron chi connectivity index (χ3n) is 1.67. The molecule has 0 radical (unpaired) electrons. The van der Waals surface area contributed by atoms with E-state index in [1.54, 1.807) is 6.92 Å². The maximum Gasteiger partial charge on any atom is 0.227 e. The molecule has 0 spiro atoms. The Bertz CT molecular complexity index is 524. The highest BCUT2D eigenvalue weighted by Gasteiger charge is 2.12. The van der Waals surface area contributed by atoms with Crippen molar-refractivity contribution >= 4 is 39.5 Å². The average molecular weight is 275 g/mol. The van der Waals surface area contributed by atoms with Gasteiger partial charge in [-0.05, 0) is 34.5 Å². The standard InChI is InChI=1S/C7H4BrClN4O/c1-3-5(8)6-10-4(2-14)11-7(9)13(6)12-3/h2H,1H3. The van der Waals surface area contributed by atoms with Crippen molar-refractivity contribution in [2.75, 3.05) is 0 Å². The Morgan fingerprint density at radius 2 is 2.21 bits per heavy atom. The Morgan fingerprint density at radius 3 is 2.86 bits per heavy atom. The van der Waals surface area contributed by atoms with Crippen molar-refractivity contribution in [2.24, 2.45) is 0 Å². The number of hydrogen-bond donors (Lipinski definition) is 0. The van der Waals surface area contributed by atoms with Gasteiger partial charge in [-0.3, -0.25) is 4.79 Å². The highest BCUT2D eigenvalue weighted by molar-refractivity contribution is 9.10. The second-order valence-electron chi connectivity index (χ2n) is 2.60. The molecular weight excluding hydrogens is 271 g/mol. The van der Waals surface area contributed by atoms with E-state index in [1.165, 1.54) is 4.52 Å². The maximum atomic E-state index is 10.5. The normalized spacial score (nSPS) is 10.8. The molecule has 14 heavy (non-hydrogen) atoms. The molecule has 0 amide bonds. The van der Waals surface area contributed by atoms with Crippen LogP contribution in [0.1, 0.15) is 16.3 Å². The van der Waals surface area contributed by atoms with Crippen LogP contribution in [0, 0.1) is 6.92 Å². The van der Waals surface area contributed by atoms with Crippen LogP contribution in [0.25, 0.3) is 5.65 Å². The van der Waals surface area contributed by atoms with Crippen molar-refractivity contribution < 1.29 is 4.79 Å². The van der Waals surface area contributed by atoms with Crippen LogP contribution in [0.3, 0.4) is 0 Å². The maximum absolute atomic E-state index is 10.5. The van der Waals surface area contributed by atoms with Gasteiger partial charge in [-0.15, -0.1) is 0 Å². The van der Waals surface area contributed by atoms with Gasteiger partial charge in [0, 0.05) is 0 Å². The van der Waals surface area contributed by atoms with E-state index in [2.05, 4.69) is 31.0 Å². The second kappa shape index (κ2) is 3.29. The van der Waals surface area contributed by atoms with Gasteiger partial charge in [0.15, 0.2) is 17.8 Å². The van der Waals surface area contributed by atoms with Crippen molar-refractivity contribution in [3.8, 4) is 0 Å². The minimum atomic E-state index is 0.0445. The smallest absolute Gasteiger partial charge is 0.227 e. The number of aldehydes is 1. The molecule has 0 aliphatic heterocycles. The molecular formula is C7H4BrClN4O. The summed E-state index contributed by atoms with van der Waals surface area (Å²) < 4.78 is 2.08. The van der Waals surface area contributed by atoms with Gasteiger partial charge in [0.1, 0.15) is 0 Å². The topological polar surface area (TPSA) is 60.2 Å². The number of carbonyl (C=O) groups is 1. The van der Waals surface area contributed by atoms with Gasteiger partial charge in [0.2, 0.25) is 5.28 Å². The fourth-order valence-electron chi connectivity index (χ4n) is 1.05. The van der Waals surface area contributed by atoms with Crippen molar-refractivity contribution in [3.63, 3.8) is 0 Å². The number of hydrogen-bond acceptors (Lipinski definition) is 4. The van der Waals surface area contributed by atoms with Crippen LogP contribution in [0.5, 0.6) is 0 Å². The molecule has 0 unspecified atom stereocenters. The van der Waals surface area contributed by atoms with Gasteiger partial charge in [-0.25, -0.2) is 4.98 Å². The van der Waals surface area contributed by atoms with E-state index < -0.39 is 0 Å². The minimum absolute atomic E-state index is 0.0445. The van der Waals surface area contributed by atoms with Crippen LogP contribution in [0.15, 0.2) is 4.47 Å². The Hall–Kier alpha value is -1.01. The monoisotopic (exact) mass is 274 g/mol. The summed E-state index contributed by atoms with van der Waals surface area (Å²) in [6.45, 7) is 1.80. The lowest BCUT2D eigenvalue weighted by Crippen LogP contribution is -2.00. The lowest BCUT2D eigenvalue weighted by molar-refractivity contribution is 0.111. The zero-order valence-corrected chi connectivity index (χ0v) is 9.37. The number of fused-ring (bicyclic) bond motifs is 1. The van der Waals surface area contributed by atoms with Gasteiger partial charge in [0.25, 0.3) is 0 Å². The number of carbonyl (C=O) groups excluding carboxylic acids is 1. The molecule has 2 aromatic heterocycles. The van der Waals surface area contributed by atoms with Gasteiger partial charge in [-0.2, -0.15) is 14.6 Å². The minimum Gasteiger partial charge on any atom is -0.294 e. The first-order valence-electron chi connectivity index (χ1n) is 3.67. The Labute approximate surface area is 92.2 Å². The summed E-state index contributed by atoms with van der Waals surface area (Å²) in [4.78, 5) is 18.2. The van der Waals surface area contributed by atoms with Crippen molar-refractivity contribution in [2.45, 2.75) is 6.92 Å². The predicted octanol–water partition coefficient (Wildman–Crippen LogP) is 1.66. The Kier molecular flexibility index (Phi) is 2.24. The van der Waals surface area contributed by atoms with E-state index in [0.29, 0.717) is 16.4 Å². The second-order valence-corrected chi connectivity index (χ2v) is 3.73. The van der Waals surface area contributed by atoms with Gasteiger partial charge in [0.05, 0.1) is 10.2 Å². The first-order chi connectivity index (χ1) is 6.63. The fraction of sp³-hybridized carbons (Fsp3) is 0.143. The number of rotatable bonds is 1.